The third-order valence-electron chi connectivity index (χ3n) is 3.86. The van der Waals surface area contributed by atoms with Crippen LogP contribution >= 0.6 is 0 Å². The van der Waals surface area contributed by atoms with Gasteiger partial charge in [0.05, 0.1) is 0 Å². The smallest absolute Gasteiger partial charge is 0.000460 e. The van der Waals surface area contributed by atoms with Crippen molar-refractivity contribution < 1.29 is 0 Å². The Kier molecular flexibility index (Phi) is 9.18. The molecule has 1 nitrogen and oxygen atoms in total. The second kappa shape index (κ2) is 9.21. The molecule has 0 saturated heterocycles. The molecule has 1 heteroatoms. The summed E-state index contributed by atoms with van der Waals surface area (Å²) >= 11 is 0. The SMILES string of the molecule is CCCCCCCC(CC)(CC)CNC. The number of nitrogens with one attached hydrogen (secondary N) is 1. The molecule has 0 aromatic rings. The molecular weight excluding hydrogens is 182 g/mol. The maximum absolute atomic E-state index is 3.36. The molecule has 92 valence electrons. The van der Waals surface area contributed by atoms with Gasteiger partial charge in [-0.05, 0) is 31.7 Å². The van der Waals surface area contributed by atoms with Crippen LogP contribution in [0.3, 0.4) is 0 Å². The van der Waals surface area contributed by atoms with Crippen LogP contribution in [0, 0.1) is 5.41 Å². The van der Waals surface area contributed by atoms with Gasteiger partial charge in [0, 0.05) is 6.54 Å². The van der Waals surface area contributed by atoms with Gasteiger partial charge in [-0.15, -0.1) is 0 Å². The minimum Gasteiger partial charge on any atom is -0.319 e. The Morgan fingerprint density at radius 1 is 0.867 bits per heavy atom. The summed E-state index contributed by atoms with van der Waals surface area (Å²) in [4.78, 5) is 0. The molecule has 0 unspecified atom stereocenters. The Morgan fingerprint density at radius 2 is 1.47 bits per heavy atom. The maximum atomic E-state index is 3.36. The minimum atomic E-state index is 0.570. The summed E-state index contributed by atoms with van der Waals surface area (Å²) in [6, 6.07) is 0. The second-order valence-electron chi connectivity index (χ2n) is 4.90. The third kappa shape index (κ3) is 6.19. The molecule has 0 aliphatic carbocycles. The molecule has 0 aliphatic heterocycles. The van der Waals surface area contributed by atoms with Crippen LogP contribution in [-0.2, 0) is 0 Å². The number of hydrogen-bond donors (Lipinski definition) is 1. The Labute approximate surface area is 97.0 Å². The van der Waals surface area contributed by atoms with E-state index < -0.39 is 0 Å². The van der Waals surface area contributed by atoms with Gasteiger partial charge in [0.2, 0.25) is 0 Å². The van der Waals surface area contributed by atoms with Crippen molar-refractivity contribution >= 4 is 0 Å². The van der Waals surface area contributed by atoms with Gasteiger partial charge in [-0.3, -0.25) is 0 Å². The molecule has 0 heterocycles. The van der Waals surface area contributed by atoms with Crippen LogP contribution in [0.2, 0.25) is 0 Å². The molecular formula is C14H31N. The van der Waals surface area contributed by atoms with E-state index in [0.29, 0.717) is 5.41 Å². The first-order valence-corrected chi connectivity index (χ1v) is 6.89. The zero-order chi connectivity index (χ0) is 11.6. The molecule has 0 aromatic heterocycles. The lowest BCUT2D eigenvalue weighted by molar-refractivity contribution is 0.225. The molecule has 0 atom stereocenters. The predicted octanol–water partition coefficient (Wildman–Crippen LogP) is 4.37. The van der Waals surface area contributed by atoms with Crippen molar-refractivity contribution in [3.05, 3.63) is 0 Å². The fraction of sp³-hybridized carbons (Fsp3) is 1.00. The molecule has 15 heavy (non-hydrogen) atoms. The number of rotatable bonds is 10. The monoisotopic (exact) mass is 213 g/mol. The lowest BCUT2D eigenvalue weighted by Gasteiger charge is -2.31. The van der Waals surface area contributed by atoms with E-state index in [2.05, 4.69) is 33.1 Å². The van der Waals surface area contributed by atoms with E-state index in [1.54, 1.807) is 0 Å². The maximum Gasteiger partial charge on any atom is 0.000460 e. The van der Waals surface area contributed by atoms with Gasteiger partial charge in [0.25, 0.3) is 0 Å². The molecule has 0 radical (unpaired) electrons. The van der Waals surface area contributed by atoms with Gasteiger partial charge in [0.15, 0.2) is 0 Å². The van der Waals surface area contributed by atoms with Crippen LogP contribution in [-0.4, -0.2) is 13.6 Å². The summed E-state index contributed by atoms with van der Waals surface area (Å²) < 4.78 is 0. The van der Waals surface area contributed by atoms with E-state index in [1.807, 2.05) is 0 Å². The van der Waals surface area contributed by atoms with Crippen molar-refractivity contribution in [1.82, 2.24) is 5.32 Å². The molecule has 0 aromatic carbocycles. The largest absolute Gasteiger partial charge is 0.319 e. The molecule has 0 saturated carbocycles. The highest BCUT2D eigenvalue weighted by atomic mass is 14.8. The van der Waals surface area contributed by atoms with Crippen molar-refractivity contribution in [3.8, 4) is 0 Å². The molecule has 0 spiro atoms. The van der Waals surface area contributed by atoms with Crippen molar-refractivity contribution in [2.24, 2.45) is 5.41 Å². The third-order valence-corrected chi connectivity index (χ3v) is 3.86. The average molecular weight is 213 g/mol. The summed E-state index contributed by atoms with van der Waals surface area (Å²) in [7, 11) is 2.08. The Balaban J connectivity index is 3.74. The first-order chi connectivity index (χ1) is 7.24. The second-order valence-corrected chi connectivity index (χ2v) is 4.90. The quantitative estimate of drug-likeness (QED) is 0.531. The highest BCUT2D eigenvalue weighted by molar-refractivity contribution is 4.78. The van der Waals surface area contributed by atoms with E-state index in [9.17, 15) is 0 Å². The summed E-state index contributed by atoms with van der Waals surface area (Å²) in [5, 5.41) is 3.36. The lowest BCUT2D eigenvalue weighted by atomic mass is 9.77. The van der Waals surface area contributed by atoms with Gasteiger partial charge < -0.3 is 5.32 Å². The van der Waals surface area contributed by atoms with Crippen LogP contribution in [0.5, 0.6) is 0 Å². The van der Waals surface area contributed by atoms with Crippen LogP contribution in [0.4, 0.5) is 0 Å². The average Bonchev–Trinajstić information content (AvgIpc) is 2.27. The Morgan fingerprint density at radius 3 is 1.93 bits per heavy atom. The molecule has 0 bridgehead atoms. The molecule has 0 fully saturated rings. The standard InChI is InChI=1S/C14H31N/c1-5-8-9-10-11-12-14(6-2,7-3)13-15-4/h15H,5-13H2,1-4H3. The highest BCUT2D eigenvalue weighted by Gasteiger charge is 2.24. The van der Waals surface area contributed by atoms with Gasteiger partial charge >= 0.3 is 0 Å². The van der Waals surface area contributed by atoms with Gasteiger partial charge in [-0.1, -0.05) is 52.9 Å². The van der Waals surface area contributed by atoms with Crippen LogP contribution in [0.15, 0.2) is 0 Å². The van der Waals surface area contributed by atoms with Gasteiger partial charge in [-0.25, -0.2) is 0 Å². The normalized spacial score (nSPS) is 12.0. The van der Waals surface area contributed by atoms with Gasteiger partial charge in [0.1, 0.15) is 0 Å². The molecule has 1 N–H and O–H groups in total. The number of hydrogen-bond acceptors (Lipinski definition) is 1. The van der Waals surface area contributed by atoms with Crippen molar-refractivity contribution in [1.29, 1.82) is 0 Å². The fourth-order valence-electron chi connectivity index (χ4n) is 2.42. The number of unbranched alkanes of at least 4 members (excludes halogenated alkanes) is 4. The highest BCUT2D eigenvalue weighted by Crippen LogP contribution is 2.32. The minimum absolute atomic E-state index is 0.570. The Hall–Kier alpha value is -0.0400. The Bertz CT molecular complexity index is 127. The first kappa shape index (κ1) is 15.0. The fourth-order valence-corrected chi connectivity index (χ4v) is 2.42. The van der Waals surface area contributed by atoms with E-state index in [4.69, 9.17) is 0 Å². The zero-order valence-corrected chi connectivity index (χ0v) is 11.4. The molecule has 0 rings (SSSR count). The first-order valence-electron chi connectivity index (χ1n) is 6.89. The van der Waals surface area contributed by atoms with Crippen molar-refractivity contribution in [3.63, 3.8) is 0 Å². The lowest BCUT2D eigenvalue weighted by Crippen LogP contribution is -2.31. The molecule has 0 amide bonds. The summed E-state index contributed by atoms with van der Waals surface area (Å²) in [6.07, 6.45) is 11.1. The van der Waals surface area contributed by atoms with Crippen molar-refractivity contribution in [2.45, 2.75) is 72.1 Å². The topological polar surface area (TPSA) is 12.0 Å². The molecule has 0 aliphatic rings. The van der Waals surface area contributed by atoms with E-state index >= 15 is 0 Å². The summed E-state index contributed by atoms with van der Waals surface area (Å²) in [5.74, 6) is 0. The predicted molar refractivity (Wildman–Crippen MR) is 70.3 cm³/mol. The van der Waals surface area contributed by atoms with Crippen LogP contribution in [0.25, 0.3) is 0 Å². The summed E-state index contributed by atoms with van der Waals surface area (Å²) in [5.41, 5.74) is 0.570. The van der Waals surface area contributed by atoms with Crippen molar-refractivity contribution in [2.75, 3.05) is 13.6 Å². The van der Waals surface area contributed by atoms with E-state index in [-0.39, 0.29) is 0 Å². The van der Waals surface area contributed by atoms with Crippen LogP contribution < -0.4 is 5.32 Å². The zero-order valence-electron chi connectivity index (χ0n) is 11.4. The van der Waals surface area contributed by atoms with Gasteiger partial charge in [-0.2, -0.15) is 0 Å². The van der Waals surface area contributed by atoms with E-state index in [1.165, 1.54) is 57.9 Å². The van der Waals surface area contributed by atoms with Crippen LogP contribution in [0.1, 0.15) is 72.1 Å². The summed E-state index contributed by atoms with van der Waals surface area (Å²) in [6.45, 7) is 8.15. The van der Waals surface area contributed by atoms with E-state index in [0.717, 1.165) is 0 Å².